The lowest BCUT2D eigenvalue weighted by Crippen LogP contribution is -2.45. The summed E-state index contributed by atoms with van der Waals surface area (Å²) in [5, 5.41) is 23.3. The standard InChI is InChI=1S/C62H119NO5/c1-3-5-7-9-11-13-15-17-19-20-24-27-30-34-38-42-46-50-54-60(65)59(58-64)63-61(66)55-51-47-43-39-35-31-28-25-22-21-23-26-29-33-37-41-45-49-53-57-68-62(67)56-52-48-44-40-36-32-18-16-14-12-10-8-6-4-2/h16,18,21-22,59-60,64-65H,3-15,17,19-20,23-58H2,1-2H3,(H,63,66)/b18-16-,22-21-. The Hall–Kier alpha value is -1.66. The highest BCUT2D eigenvalue weighted by molar-refractivity contribution is 5.76. The summed E-state index contributed by atoms with van der Waals surface area (Å²) in [5.41, 5.74) is 0. The number of allylic oxidation sites excluding steroid dienone is 4. The largest absolute Gasteiger partial charge is 0.466 e. The Morgan fingerprint density at radius 1 is 0.397 bits per heavy atom. The fraction of sp³-hybridized carbons (Fsp3) is 0.903. The van der Waals surface area contributed by atoms with Crippen molar-refractivity contribution in [2.24, 2.45) is 0 Å². The number of hydrogen-bond donors (Lipinski definition) is 3. The zero-order valence-electron chi connectivity index (χ0n) is 45.9. The molecule has 402 valence electrons. The number of esters is 1. The Bertz CT molecular complexity index is 1060. The molecule has 0 aromatic heterocycles. The minimum absolute atomic E-state index is 0.00413. The number of carbonyl (C=O) groups is 2. The van der Waals surface area contributed by atoms with Crippen LogP contribution >= 0.6 is 0 Å². The molecule has 0 bridgehead atoms. The molecule has 6 nitrogen and oxygen atoms in total. The number of hydrogen-bond acceptors (Lipinski definition) is 5. The Balaban J connectivity index is 3.44. The second kappa shape index (κ2) is 57.9. The minimum Gasteiger partial charge on any atom is -0.466 e. The maximum Gasteiger partial charge on any atom is 0.305 e. The van der Waals surface area contributed by atoms with Crippen LogP contribution in [0.25, 0.3) is 0 Å². The number of carbonyl (C=O) groups excluding carboxylic acids is 2. The van der Waals surface area contributed by atoms with E-state index in [2.05, 4.69) is 43.5 Å². The smallest absolute Gasteiger partial charge is 0.305 e. The molecule has 0 aromatic rings. The van der Waals surface area contributed by atoms with Gasteiger partial charge in [-0.2, -0.15) is 0 Å². The van der Waals surface area contributed by atoms with Crippen molar-refractivity contribution in [1.82, 2.24) is 5.32 Å². The molecule has 0 aliphatic rings. The molecule has 2 unspecified atom stereocenters. The number of aliphatic hydroxyl groups is 2. The summed E-state index contributed by atoms with van der Waals surface area (Å²) in [7, 11) is 0. The average Bonchev–Trinajstić information content (AvgIpc) is 3.34. The second-order valence-electron chi connectivity index (χ2n) is 21.0. The summed E-state index contributed by atoms with van der Waals surface area (Å²) in [6.45, 7) is 4.95. The molecule has 2 atom stereocenters. The zero-order chi connectivity index (χ0) is 49.3. The molecule has 3 N–H and O–H groups in total. The first-order valence-corrected chi connectivity index (χ1v) is 30.6. The average molecular weight is 959 g/mol. The molecule has 0 heterocycles. The van der Waals surface area contributed by atoms with Gasteiger partial charge in [-0.05, 0) is 77.0 Å². The number of rotatable bonds is 57. The van der Waals surface area contributed by atoms with Crippen molar-refractivity contribution in [1.29, 1.82) is 0 Å². The molecule has 0 aromatic carbocycles. The Morgan fingerprint density at radius 2 is 0.691 bits per heavy atom. The highest BCUT2D eigenvalue weighted by atomic mass is 16.5. The quantitative estimate of drug-likeness (QED) is 0.0321. The van der Waals surface area contributed by atoms with Crippen LogP contribution < -0.4 is 5.32 Å². The minimum atomic E-state index is -0.671. The summed E-state index contributed by atoms with van der Waals surface area (Å²) in [6.07, 6.45) is 70.3. The van der Waals surface area contributed by atoms with Gasteiger partial charge in [0.15, 0.2) is 0 Å². The molecular weight excluding hydrogens is 839 g/mol. The summed E-state index contributed by atoms with van der Waals surface area (Å²) in [6, 6.07) is -0.549. The molecule has 1 amide bonds. The first-order valence-electron chi connectivity index (χ1n) is 30.6. The maximum absolute atomic E-state index is 12.5. The Morgan fingerprint density at radius 3 is 1.04 bits per heavy atom. The lowest BCUT2D eigenvalue weighted by Gasteiger charge is -2.22. The molecular formula is C62H119NO5. The molecule has 0 rings (SSSR count). The number of amides is 1. The van der Waals surface area contributed by atoms with Gasteiger partial charge in [-0.1, -0.05) is 269 Å². The van der Waals surface area contributed by atoms with Crippen molar-refractivity contribution < 1.29 is 24.5 Å². The predicted molar refractivity (Wildman–Crippen MR) is 296 cm³/mol. The van der Waals surface area contributed by atoms with Crippen LogP contribution in [0.2, 0.25) is 0 Å². The van der Waals surface area contributed by atoms with E-state index in [4.69, 9.17) is 4.74 Å². The monoisotopic (exact) mass is 958 g/mol. The van der Waals surface area contributed by atoms with Crippen molar-refractivity contribution in [2.45, 2.75) is 347 Å². The van der Waals surface area contributed by atoms with Crippen molar-refractivity contribution >= 4 is 11.9 Å². The summed E-state index contributed by atoms with van der Waals surface area (Å²) >= 11 is 0. The van der Waals surface area contributed by atoms with Crippen LogP contribution in [0.4, 0.5) is 0 Å². The van der Waals surface area contributed by atoms with Crippen LogP contribution in [0, 0.1) is 0 Å². The van der Waals surface area contributed by atoms with Crippen molar-refractivity contribution in [3.63, 3.8) is 0 Å². The molecule has 0 aliphatic heterocycles. The molecule has 0 saturated carbocycles. The van der Waals surface area contributed by atoms with Crippen LogP contribution in [-0.4, -0.2) is 47.4 Å². The summed E-state index contributed by atoms with van der Waals surface area (Å²) < 4.78 is 5.47. The van der Waals surface area contributed by atoms with Gasteiger partial charge >= 0.3 is 5.97 Å². The van der Waals surface area contributed by atoms with E-state index < -0.39 is 12.1 Å². The first kappa shape index (κ1) is 66.3. The van der Waals surface area contributed by atoms with Crippen molar-refractivity contribution in [3.8, 4) is 0 Å². The molecule has 0 aliphatic carbocycles. The summed E-state index contributed by atoms with van der Waals surface area (Å²) in [5.74, 6) is -0.0464. The summed E-state index contributed by atoms with van der Waals surface area (Å²) in [4.78, 5) is 24.5. The van der Waals surface area contributed by atoms with Crippen LogP contribution in [0.15, 0.2) is 24.3 Å². The molecule has 6 heteroatoms. The molecule has 0 spiro atoms. The maximum atomic E-state index is 12.5. The highest BCUT2D eigenvalue weighted by Gasteiger charge is 2.20. The first-order chi connectivity index (χ1) is 33.5. The number of ether oxygens (including phenoxy) is 1. The van der Waals surface area contributed by atoms with Gasteiger partial charge in [0.1, 0.15) is 0 Å². The lowest BCUT2D eigenvalue weighted by atomic mass is 10.0. The van der Waals surface area contributed by atoms with E-state index in [1.54, 1.807) is 0 Å². The topological polar surface area (TPSA) is 95.9 Å². The van der Waals surface area contributed by atoms with Gasteiger partial charge in [0, 0.05) is 12.8 Å². The van der Waals surface area contributed by atoms with Gasteiger partial charge in [-0.3, -0.25) is 9.59 Å². The fourth-order valence-corrected chi connectivity index (χ4v) is 9.51. The molecule has 68 heavy (non-hydrogen) atoms. The van der Waals surface area contributed by atoms with Crippen molar-refractivity contribution in [2.75, 3.05) is 13.2 Å². The number of nitrogens with one attached hydrogen (secondary N) is 1. The van der Waals surface area contributed by atoms with Gasteiger partial charge in [-0.25, -0.2) is 0 Å². The van der Waals surface area contributed by atoms with Crippen LogP contribution in [0.1, 0.15) is 335 Å². The third kappa shape index (κ3) is 53.7. The zero-order valence-corrected chi connectivity index (χ0v) is 45.9. The van der Waals surface area contributed by atoms with E-state index >= 15 is 0 Å². The Kier molecular flexibility index (Phi) is 56.5. The predicted octanol–water partition coefficient (Wildman–Crippen LogP) is 19.0. The molecule has 0 fully saturated rings. The van der Waals surface area contributed by atoms with E-state index in [1.807, 2.05) is 0 Å². The third-order valence-corrected chi connectivity index (χ3v) is 14.2. The third-order valence-electron chi connectivity index (χ3n) is 14.2. The number of aliphatic hydroxyl groups excluding tert-OH is 2. The van der Waals surface area contributed by atoms with Gasteiger partial charge < -0.3 is 20.3 Å². The fourth-order valence-electron chi connectivity index (χ4n) is 9.51. The van der Waals surface area contributed by atoms with Gasteiger partial charge in [0.2, 0.25) is 5.91 Å². The van der Waals surface area contributed by atoms with Crippen LogP contribution in [0.5, 0.6) is 0 Å². The van der Waals surface area contributed by atoms with Gasteiger partial charge in [-0.15, -0.1) is 0 Å². The van der Waals surface area contributed by atoms with E-state index in [9.17, 15) is 19.8 Å². The van der Waals surface area contributed by atoms with Gasteiger partial charge in [0.05, 0.1) is 25.4 Å². The van der Waals surface area contributed by atoms with E-state index in [0.29, 0.717) is 25.9 Å². The van der Waals surface area contributed by atoms with Crippen molar-refractivity contribution in [3.05, 3.63) is 24.3 Å². The molecule has 0 saturated heterocycles. The Labute approximate surface area is 424 Å². The second-order valence-corrected chi connectivity index (χ2v) is 21.0. The highest BCUT2D eigenvalue weighted by Crippen LogP contribution is 2.17. The number of unbranched alkanes of at least 4 members (excludes halogenated alkanes) is 42. The van der Waals surface area contributed by atoms with E-state index in [0.717, 1.165) is 44.9 Å². The lowest BCUT2D eigenvalue weighted by molar-refractivity contribution is -0.143. The SMILES string of the molecule is CCCCCCC/C=C\CCCCCCCC(=O)OCCCCCCCCCC/C=C\CCCCCCCCCC(=O)NC(CO)C(O)CCCCCCCCCCCCCCCCCCCC. The van der Waals surface area contributed by atoms with Crippen LogP contribution in [0.3, 0.4) is 0 Å². The normalized spacial score (nSPS) is 12.7. The van der Waals surface area contributed by atoms with E-state index in [-0.39, 0.29) is 18.5 Å². The molecule has 0 radical (unpaired) electrons. The van der Waals surface area contributed by atoms with Gasteiger partial charge in [0.25, 0.3) is 0 Å². The van der Waals surface area contributed by atoms with E-state index in [1.165, 1.54) is 257 Å². The van der Waals surface area contributed by atoms with Crippen LogP contribution in [-0.2, 0) is 14.3 Å².